The molecule has 12 nitrogen and oxygen atoms in total. The van der Waals surface area contributed by atoms with Crippen LogP contribution < -0.4 is 5.32 Å². The zero-order valence-corrected chi connectivity index (χ0v) is 17.0. The van der Waals surface area contributed by atoms with Gasteiger partial charge in [0.05, 0.1) is 11.9 Å². The molecule has 2 heterocycles. The first-order valence-corrected chi connectivity index (χ1v) is 10.6. The number of likely N-dealkylation sites (tertiary alicyclic amines) is 1. The molecular weight excluding hydrogens is 414 g/mol. The Morgan fingerprint density at radius 2 is 2.04 bits per heavy atom. The van der Waals surface area contributed by atoms with Gasteiger partial charge in [-0.25, -0.2) is 12.7 Å². The maximum Gasteiger partial charge on any atom is 0.290 e. The Hall–Kier alpha value is -2.16. The zero-order valence-electron chi connectivity index (χ0n) is 15.4. The summed E-state index contributed by atoms with van der Waals surface area (Å²) in [6, 6.07) is 0. The number of hydrogen-bond acceptors (Lipinski definition) is 9. The summed E-state index contributed by atoms with van der Waals surface area (Å²) in [6.07, 6.45) is -0.940. The molecule has 0 radical (unpaired) electrons. The molecule has 0 aromatic carbocycles. The van der Waals surface area contributed by atoms with Crippen molar-refractivity contribution in [1.29, 1.82) is 0 Å². The normalized spacial score (nSPS) is 19.1. The second-order valence-electron chi connectivity index (χ2n) is 6.08. The molecule has 28 heavy (non-hydrogen) atoms. The van der Waals surface area contributed by atoms with Crippen LogP contribution in [0.3, 0.4) is 0 Å². The van der Waals surface area contributed by atoms with E-state index in [1.54, 1.807) is 0 Å². The van der Waals surface area contributed by atoms with Crippen LogP contribution in [-0.4, -0.2) is 95.4 Å². The number of nitrogens with one attached hydrogen (secondary N) is 1. The Balaban J connectivity index is 0.00000122. The molecule has 0 saturated carbocycles. The minimum absolute atomic E-state index is 0.0222. The predicted molar refractivity (Wildman–Crippen MR) is 100 cm³/mol. The zero-order chi connectivity index (χ0) is 21.3. The summed E-state index contributed by atoms with van der Waals surface area (Å²) in [7, 11) is -0.605. The molecule has 1 saturated heterocycles. The number of aromatic nitrogens is 2. The fourth-order valence-electron chi connectivity index (χ4n) is 2.43. The van der Waals surface area contributed by atoms with E-state index in [-0.39, 0.29) is 50.0 Å². The average Bonchev–Trinajstić information content (AvgIpc) is 3.23. The van der Waals surface area contributed by atoms with Crippen LogP contribution in [0.5, 0.6) is 0 Å². The van der Waals surface area contributed by atoms with E-state index in [9.17, 15) is 23.1 Å². The highest BCUT2D eigenvalue weighted by Crippen LogP contribution is 2.21. The Morgan fingerprint density at radius 3 is 2.57 bits per heavy atom. The maximum absolute atomic E-state index is 12.2. The largest absolute Gasteiger partial charge is 0.483 e. The SMILES string of the molecule is CN(C)S(=O)(=O)C[C@@H]1CN(C(=O)CCC(=O)Nc2nncs2)C[C@@H]1O.O=CO. The number of sulfonamides is 1. The molecule has 1 aromatic heterocycles. The van der Waals surface area contributed by atoms with E-state index < -0.39 is 22.0 Å². The van der Waals surface area contributed by atoms with Crippen molar-refractivity contribution >= 4 is 44.8 Å². The number of hydrogen-bond donors (Lipinski definition) is 3. The molecule has 1 aromatic rings. The van der Waals surface area contributed by atoms with Crippen molar-refractivity contribution in [2.75, 3.05) is 38.3 Å². The van der Waals surface area contributed by atoms with Gasteiger partial charge in [-0.3, -0.25) is 14.4 Å². The molecule has 2 atom stereocenters. The molecule has 1 aliphatic rings. The van der Waals surface area contributed by atoms with Gasteiger partial charge in [0.15, 0.2) is 0 Å². The number of anilines is 1. The third-order valence-corrected chi connectivity index (χ3v) is 6.48. The average molecular weight is 438 g/mol. The van der Waals surface area contributed by atoms with Gasteiger partial charge in [0.1, 0.15) is 5.51 Å². The molecule has 14 heteroatoms. The molecule has 1 fully saturated rings. The maximum atomic E-state index is 12.2. The van der Waals surface area contributed by atoms with E-state index in [1.807, 2.05) is 0 Å². The van der Waals surface area contributed by atoms with Gasteiger partial charge < -0.3 is 20.4 Å². The summed E-state index contributed by atoms with van der Waals surface area (Å²) in [6.45, 7) is -0.0183. The lowest BCUT2D eigenvalue weighted by Crippen LogP contribution is -2.33. The van der Waals surface area contributed by atoms with Gasteiger partial charge in [-0.1, -0.05) is 11.3 Å². The van der Waals surface area contributed by atoms with Gasteiger partial charge >= 0.3 is 0 Å². The lowest BCUT2D eigenvalue weighted by atomic mass is 10.1. The van der Waals surface area contributed by atoms with Crippen LogP contribution in [0.4, 0.5) is 5.13 Å². The van der Waals surface area contributed by atoms with Gasteiger partial charge in [-0.05, 0) is 0 Å². The smallest absolute Gasteiger partial charge is 0.290 e. The number of aliphatic hydroxyl groups is 1. The minimum Gasteiger partial charge on any atom is -0.483 e. The third-order valence-electron chi connectivity index (χ3n) is 3.91. The number of amides is 2. The Labute approximate surface area is 166 Å². The quantitative estimate of drug-likeness (QED) is 0.437. The van der Waals surface area contributed by atoms with Crippen LogP contribution >= 0.6 is 11.3 Å². The lowest BCUT2D eigenvalue weighted by Gasteiger charge is -2.18. The van der Waals surface area contributed by atoms with Crippen molar-refractivity contribution in [1.82, 2.24) is 19.4 Å². The van der Waals surface area contributed by atoms with Crippen LogP contribution in [0.15, 0.2) is 5.51 Å². The first kappa shape index (κ1) is 23.9. The summed E-state index contributed by atoms with van der Waals surface area (Å²) in [5.41, 5.74) is 1.48. The van der Waals surface area contributed by atoms with E-state index in [4.69, 9.17) is 9.90 Å². The number of carbonyl (C=O) groups excluding carboxylic acids is 2. The van der Waals surface area contributed by atoms with E-state index in [0.29, 0.717) is 5.13 Å². The number of aliphatic hydroxyl groups excluding tert-OH is 1. The van der Waals surface area contributed by atoms with E-state index in [2.05, 4.69) is 15.5 Å². The first-order chi connectivity index (χ1) is 13.1. The lowest BCUT2D eigenvalue weighted by molar-refractivity contribution is -0.132. The van der Waals surface area contributed by atoms with Crippen LogP contribution in [0, 0.1) is 5.92 Å². The van der Waals surface area contributed by atoms with Crippen molar-refractivity contribution in [3.8, 4) is 0 Å². The Kier molecular flexibility index (Phi) is 9.37. The van der Waals surface area contributed by atoms with Crippen LogP contribution in [0.1, 0.15) is 12.8 Å². The first-order valence-electron chi connectivity index (χ1n) is 8.10. The Morgan fingerprint density at radius 1 is 1.39 bits per heavy atom. The monoisotopic (exact) mass is 437 g/mol. The van der Waals surface area contributed by atoms with E-state index in [1.165, 1.54) is 35.8 Å². The number of rotatable bonds is 7. The number of β-amino-alcohol motifs (C(OH)–C–C–N with tert-alkyl or cyclic N) is 1. The molecular formula is C14H23N5O7S2. The van der Waals surface area contributed by atoms with Crippen molar-refractivity contribution < 1.29 is 33.0 Å². The van der Waals surface area contributed by atoms with Crippen molar-refractivity contribution in [3.63, 3.8) is 0 Å². The molecule has 1 aliphatic heterocycles. The highest BCUT2D eigenvalue weighted by Gasteiger charge is 2.37. The second kappa shape index (κ2) is 11.0. The number of nitrogens with zero attached hydrogens (tertiary/aromatic N) is 4. The summed E-state index contributed by atoms with van der Waals surface area (Å²) in [5, 5.41) is 27.1. The summed E-state index contributed by atoms with van der Waals surface area (Å²) in [5.74, 6) is -1.40. The molecule has 0 aliphatic carbocycles. The molecule has 0 bridgehead atoms. The van der Waals surface area contributed by atoms with Crippen LogP contribution in [0.25, 0.3) is 0 Å². The van der Waals surface area contributed by atoms with Gasteiger partial charge in [-0.15, -0.1) is 10.2 Å². The fraction of sp³-hybridized carbons (Fsp3) is 0.643. The third kappa shape index (κ3) is 7.46. The number of carbonyl (C=O) groups is 3. The van der Waals surface area contributed by atoms with Gasteiger partial charge in [0, 0.05) is 45.9 Å². The number of carboxylic acid groups (broad SMARTS) is 1. The highest BCUT2D eigenvalue weighted by atomic mass is 32.2. The van der Waals surface area contributed by atoms with Crippen molar-refractivity contribution in [3.05, 3.63) is 5.51 Å². The van der Waals surface area contributed by atoms with Crippen LogP contribution in [-0.2, 0) is 24.4 Å². The molecule has 2 rings (SSSR count). The molecule has 0 spiro atoms. The van der Waals surface area contributed by atoms with E-state index in [0.717, 1.165) is 4.31 Å². The van der Waals surface area contributed by atoms with Crippen molar-refractivity contribution in [2.24, 2.45) is 5.92 Å². The summed E-state index contributed by atoms with van der Waals surface area (Å²) >= 11 is 1.18. The molecule has 0 unspecified atom stereocenters. The Bertz CT molecular complexity index is 754. The highest BCUT2D eigenvalue weighted by molar-refractivity contribution is 7.89. The standard InChI is InChI=1S/C13H21N5O5S2.CH2O2/c1-17(2)25(22,23)7-9-5-18(6-10(9)19)12(21)4-3-11(20)15-13-16-14-8-24-13;2-1-3/h8-10,19H,3-7H2,1-2H3,(H,15,16,20);1H,(H,2,3)/t9-,10-;/m0./s1. The van der Waals surface area contributed by atoms with Gasteiger partial charge in [0.2, 0.25) is 27.0 Å². The van der Waals surface area contributed by atoms with Gasteiger partial charge in [-0.2, -0.15) is 0 Å². The molecule has 2 amide bonds. The topological polar surface area (TPSA) is 170 Å². The van der Waals surface area contributed by atoms with Gasteiger partial charge in [0.25, 0.3) is 6.47 Å². The second-order valence-corrected chi connectivity index (χ2v) is 9.15. The fourth-order valence-corrected chi connectivity index (χ4v) is 4.06. The molecule has 3 N–H and O–H groups in total. The summed E-state index contributed by atoms with van der Waals surface area (Å²) in [4.78, 5) is 33.7. The van der Waals surface area contributed by atoms with E-state index >= 15 is 0 Å². The summed E-state index contributed by atoms with van der Waals surface area (Å²) < 4.78 is 24.9. The molecule has 158 valence electrons. The minimum atomic E-state index is -3.46. The van der Waals surface area contributed by atoms with Crippen molar-refractivity contribution in [2.45, 2.75) is 18.9 Å². The van der Waals surface area contributed by atoms with Crippen LogP contribution in [0.2, 0.25) is 0 Å². The predicted octanol–water partition coefficient (Wildman–Crippen LogP) is -1.33.